The SMILES string of the molecule is CCC1CCC(CNC)C(c2ccc(Cl)c(Cl)c2)C1. The van der Waals surface area contributed by atoms with Crippen LogP contribution in [0.25, 0.3) is 0 Å². The van der Waals surface area contributed by atoms with Crippen molar-refractivity contribution in [3.05, 3.63) is 33.8 Å². The van der Waals surface area contributed by atoms with Gasteiger partial charge < -0.3 is 5.32 Å². The summed E-state index contributed by atoms with van der Waals surface area (Å²) in [6, 6.07) is 6.15. The highest BCUT2D eigenvalue weighted by Crippen LogP contribution is 2.42. The zero-order valence-electron chi connectivity index (χ0n) is 11.8. The molecule has 3 atom stereocenters. The van der Waals surface area contributed by atoms with E-state index in [1.165, 1.54) is 31.2 Å². The average Bonchev–Trinajstić information content (AvgIpc) is 2.43. The third-order valence-corrected chi connectivity index (χ3v) is 5.26. The number of nitrogens with one attached hydrogen (secondary N) is 1. The fourth-order valence-electron chi connectivity index (χ4n) is 3.35. The summed E-state index contributed by atoms with van der Waals surface area (Å²) in [5.74, 6) is 2.18. The molecule has 3 heteroatoms. The minimum atomic E-state index is 0.612. The Balaban J connectivity index is 2.22. The first kappa shape index (κ1) is 15.2. The summed E-state index contributed by atoms with van der Waals surface area (Å²) in [7, 11) is 2.04. The van der Waals surface area contributed by atoms with Gasteiger partial charge in [-0.15, -0.1) is 0 Å². The molecule has 0 aliphatic heterocycles. The van der Waals surface area contributed by atoms with Gasteiger partial charge in [-0.1, -0.05) is 49.0 Å². The number of halogens is 2. The molecule has 3 unspecified atom stereocenters. The van der Waals surface area contributed by atoms with Crippen molar-refractivity contribution in [3.8, 4) is 0 Å². The first-order valence-electron chi connectivity index (χ1n) is 7.25. The van der Waals surface area contributed by atoms with Crippen LogP contribution in [-0.2, 0) is 0 Å². The molecule has 0 radical (unpaired) electrons. The van der Waals surface area contributed by atoms with Gasteiger partial charge in [-0.25, -0.2) is 0 Å². The van der Waals surface area contributed by atoms with Gasteiger partial charge in [-0.3, -0.25) is 0 Å². The van der Waals surface area contributed by atoms with Gasteiger partial charge in [0.05, 0.1) is 10.0 Å². The summed E-state index contributed by atoms with van der Waals surface area (Å²) in [4.78, 5) is 0. The predicted molar refractivity (Wildman–Crippen MR) is 84.3 cm³/mol. The molecule has 19 heavy (non-hydrogen) atoms. The molecule has 0 spiro atoms. The number of hydrogen-bond donors (Lipinski definition) is 1. The molecule has 2 rings (SSSR count). The monoisotopic (exact) mass is 299 g/mol. The fourth-order valence-corrected chi connectivity index (χ4v) is 3.66. The lowest BCUT2D eigenvalue weighted by Crippen LogP contribution is -2.30. The molecule has 1 nitrogen and oxygen atoms in total. The van der Waals surface area contributed by atoms with Gasteiger partial charge in [0, 0.05) is 0 Å². The molecule has 1 aliphatic carbocycles. The number of hydrogen-bond acceptors (Lipinski definition) is 1. The second-order valence-electron chi connectivity index (χ2n) is 5.69. The lowest BCUT2D eigenvalue weighted by Gasteiger charge is -2.36. The van der Waals surface area contributed by atoms with E-state index < -0.39 is 0 Å². The van der Waals surface area contributed by atoms with Crippen LogP contribution in [0.4, 0.5) is 0 Å². The quantitative estimate of drug-likeness (QED) is 0.813. The summed E-state index contributed by atoms with van der Waals surface area (Å²) < 4.78 is 0. The summed E-state index contributed by atoms with van der Waals surface area (Å²) in [6.07, 6.45) is 5.23. The van der Waals surface area contributed by atoms with Crippen molar-refractivity contribution in [1.82, 2.24) is 5.32 Å². The van der Waals surface area contributed by atoms with Gasteiger partial charge in [-0.05, 0) is 61.9 Å². The van der Waals surface area contributed by atoms with Gasteiger partial charge in [-0.2, -0.15) is 0 Å². The van der Waals surface area contributed by atoms with E-state index in [1.807, 2.05) is 13.1 Å². The van der Waals surface area contributed by atoms with E-state index in [0.29, 0.717) is 21.9 Å². The van der Waals surface area contributed by atoms with Gasteiger partial charge in [0.25, 0.3) is 0 Å². The lowest BCUT2D eigenvalue weighted by molar-refractivity contribution is 0.228. The number of rotatable bonds is 4. The molecule has 0 amide bonds. The first-order valence-corrected chi connectivity index (χ1v) is 8.00. The Kier molecular flexibility index (Phi) is 5.56. The smallest absolute Gasteiger partial charge is 0.0595 e. The van der Waals surface area contributed by atoms with Crippen LogP contribution >= 0.6 is 23.2 Å². The Morgan fingerprint density at radius 1 is 1.21 bits per heavy atom. The molecule has 1 fully saturated rings. The fraction of sp³-hybridized carbons (Fsp3) is 0.625. The maximum Gasteiger partial charge on any atom is 0.0595 e. The largest absolute Gasteiger partial charge is 0.319 e. The van der Waals surface area contributed by atoms with E-state index in [1.54, 1.807) is 0 Å². The van der Waals surface area contributed by atoms with Crippen LogP contribution in [0.15, 0.2) is 18.2 Å². The molecule has 1 N–H and O–H groups in total. The molecule has 1 aromatic rings. The summed E-state index contributed by atoms with van der Waals surface area (Å²) in [5, 5.41) is 4.67. The van der Waals surface area contributed by atoms with Crippen LogP contribution in [0.3, 0.4) is 0 Å². The minimum absolute atomic E-state index is 0.612. The molecule has 1 aliphatic rings. The van der Waals surface area contributed by atoms with Gasteiger partial charge in [0.15, 0.2) is 0 Å². The van der Waals surface area contributed by atoms with Crippen LogP contribution in [0.2, 0.25) is 10.0 Å². The van der Waals surface area contributed by atoms with E-state index >= 15 is 0 Å². The molecule has 1 saturated carbocycles. The highest BCUT2D eigenvalue weighted by atomic mass is 35.5. The van der Waals surface area contributed by atoms with Gasteiger partial charge >= 0.3 is 0 Å². The van der Waals surface area contributed by atoms with Crippen molar-refractivity contribution in [2.24, 2.45) is 11.8 Å². The normalized spacial score (nSPS) is 27.5. The highest BCUT2D eigenvalue weighted by molar-refractivity contribution is 6.42. The second-order valence-corrected chi connectivity index (χ2v) is 6.50. The van der Waals surface area contributed by atoms with E-state index in [4.69, 9.17) is 23.2 Å². The van der Waals surface area contributed by atoms with E-state index in [9.17, 15) is 0 Å². The minimum Gasteiger partial charge on any atom is -0.319 e. The zero-order valence-corrected chi connectivity index (χ0v) is 13.3. The Hall–Kier alpha value is -0.240. The average molecular weight is 300 g/mol. The molecule has 0 aromatic heterocycles. The third-order valence-electron chi connectivity index (χ3n) is 4.52. The first-order chi connectivity index (χ1) is 9.15. The van der Waals surface area contributed by atoms with Crippen molar-refractivity contribution in [2.45, 2.75) is 38.5 Å². The van der Waals surface area contributed by atoms with Crippen molar-refractivity contribution < 1.29 is 0 Å². The van der Waals surface area contributed by atoms with Crippen LogP contribution < -0.4 is 5.32 Å². The third kappa shape index (κ3) is 3.65. The van der Waals surface area contributed by atoms with Crippen LogP contribution in [0.1, 0.15) is 44.1 Å². The van der Waals surface area contributed by atoms with Crippen molar-refractivity contribution in [1.29, 1.82) is 0 Å². The Morgan fingerprint density at radius 2 is 2.00 bits per heavy atom. The van der Waals surface area contributed by atoms with E-state index in [2.05, 4.69) is 24.4 Å². The van der Waals surface area contributed by atoms with Crippen molar-refractivity contribution in [2.75, 3.05) is 13.6 Å². The van der Waals surface area contributed by atoms with Crippen LogP contribution in [0.5, 0.6) is 0 Å². The Bertz CT molecular complexity index is 419. The van der Waals surface area contributed by atoms with Crippen LogP contribution in [0, 0.1) is 11.8 Å². The standard InChI is InChI=1S/C16H23Cl2N/c1-3-11-4-5-13(10-19-2)14(8-11)12-6-7-15(17)16(18)9-12/h6-7,9,11,13-14,19H,3-5,8,10H2,1-2H3. The van der Waals surface area contributed by atoms with Gasteiger partial charge in [0.2, 0.25) is 0 Å². The zero-order chi connectivity index (χ0) is 13.8. The molecule has 0 bridgehead atoms. The lowest BCUT2D eigenvalue weighted by atomic mass is 9.70. The number of benzene rings is 1. The van der Waals surface area contributed by atoms with Crippen molar-refractivity contribution in [3.63, 3.8) is 0 Å². The van der Waals surface area contributed by atoms with Crippen LogP contribution in [-0.4, -0.2) is 13.6 Å². The maximum atomic E-state index is 6.18. The van der Waals surface area contributed by atoms with E-state index in [0.717, 1.165) is 12.5 Å². The Morgan fingerprint density at radius 3 is 2.63 bits per heavy atom. The molecule has 106 valence electrons. The second kappa shape index (κ2) is 6.97. The molecular formula is C16H23Cl2N. The summed E-state index contributed by atoms with van der Waals surface area (Å²) in [6.45, 7) is 3.39. The topological polar surface area (TPSA) is 12.0 Å². The Labute approximate surface area is 126 Å². The molecular weight excluding hydrogens is 277 g/mol. The maximum absolute atomic E-state index is 6.18. The highest BCUT2D eigenvalue weighted by Gasteiger charge is 2.30. The molecule has 0 heterocycles. The summed E-state index contributed by atoms with van der Waals surface area (Å²) in [5.41, 5.74) is 1.35. The van der Waals surface area contributed by atoms with Gasteiger partial charge in [0.1, 0.15) is 0 Å². The predicted octanol–water partition coefficient (Wildman–Crippen LogP) is 5.12. The molecule has 0 saturated heterocycles. The van der Waals surface area contributed by atoms with E-state index in [-0.39, 0.29) is 0 Å². The molecule has 1 aromatic carbocycles. The van der Waals surface area contributed by atoms with Crippen molar-refractivity contribution >= 4 is 23.2 Å². The summed E-state index contributed by atoms with van der Waals surface area (Å²) >= 11 is 12.2.